The van der Waals surface area contributed by atoms with Gasteiger partial charge in [0.05, 0.1) is 25.1 Å². The molecule has 7 heterocycles. The number of piperidine rings is 1. The van der Waals surface area contributed by atoms with Gasteiger partial charge in [-0.05, 0) is 64.7 Å². The molecule has 6 unspecified atom stereocenters. The van der Waals surface area contributed by atoms with E-state index in [2.05, 4.69) is 41.0 Å². The Balaban J connectivity index is 0.850. The predicted molar refractivity (Wildman–Crippen MR) is 252 cm³/mol. The molecule has 2 aromatic heterocycles. The van der Waals surface area contributed by atoms with E-state index < -0.39 is 114 Å². The number of fused-ring (bicyclic) bond motifs is 1. The third-order valence-electron chi connectivity index (χ3n) is 12.8. The smallest absolute Gasteiger partial charge is 0.390 e. The minimum Gasteiger partial charge on any atom is -0.390 e. The second kappa shape index (κ2) is 24.0. The number of aliphatic hydroxyl groups excluding tert-OH is 1. The number of nitrogens with one attached hydrogen (secondary N) is 1. The molecule has 8 N–H and O–H groups in total. The molecule has 7 rings (SSSR count). The van der Waals surface area contributed by atoms with Crippen molar-refractivity contribution in [1.29, 1.82) is 0 Å². The first-order chi connectivity index (χ1) is 35.4. The number of imidazole rings is 1. The van der Waals surface area contributed by atoms with Crippen LogP contribution in [0.3, 0.4) is 0 Å². The molecule has 0 aliphatic carbocycles. The van der Waals surface area contributed by atoms with Crippen LogP contribution in [-0.2, 0) is 81.9 Å². The second-order valence-corrected chi connectivity index (χ2v) is 27.6. The van der Waals surface area contributed by atoms with Crippen LogP contribution in [0.15, 0.2) is 11.1 Å². The standard InChI is InChI=1S/C36H58N8O26P6/c1-3-4-11-29(46)41-14-5-9-25(41)35(49)43-16-7-10-26(43)36(50)42-15-6-8-24(42)34(48)40-17-12-23(13-18-40)65-72(53,54)67-74(57,58)69-76(61,62)70-75(59,60)68-73(55,56)66-71(51,52)63-20-28-27(45)19-30(64-28)44-21-37-31-32(44)38-22(2)39-33(31)47/h21,23-28,30,45H,3-20H2,1-2H3,(H,51,52)(H,53,54)(H,55,56)(H,57,58)(H,59,60)(H,61,62)(H,38,39,47)/t24-,25-,26-,27+,28+,30+/m0/s1. The molecule has 5 fully saturated rings. The maximum atomic E-state index is 14.0. The zero-order valence-electron chi connectivity index (χ0n) is 40.5. The van der Waals surface area contributed by atoms with E-state index in [-0.39, 0.29) is 67.7 Å². The number of aromatic nitrogens is 4. The van der Waals surface area contributed by atoms with E-state index in [0.29, 0.717) is 64.5 Å². The van der Waals surface area contributed by atoms with Crippen LogP contribution >= 0.6 is 46.9 Å². The average molecular weight is 1200 g/mol. The third-order valence-corrected chi connectivity index (χ3v) is 22.1. The number of phosphoric acid groups is 6. The molecule has 12 atom stereocenters. The highest BCUT2D eigenvalue weighted by Crippen LogP contribution is 2.75. The Morgan fingerprint density at radius 3 is 1.72 bits per heavy atom. The van der Waals surface area contributed by atoms with E-state index in [0.717, 1.165) is 6.42 Å². The predicted octanol–water partition coefficient (Wildman–Crippen LogP) is 1.95. The molecule has 4 amide bonds. The number of unbranched alkanes of at least 4 members (excludes halogenated alkanes) is 1. The lowest BCUT2D eigenvalue weighted by atomic mass is 10.1. The van der Waals surface area contributed by atoms with E-state index in [1.807, 2.05) is 6.92 Å². The lowest BCUT2D eigenvalue weighted by Crippen LogP contribution is -2.56. The minimum atomic E-state index is -6.56. The average Bonchev–Trinajstić information content (AvgIpc) is 4.15. The van der Waals surface area contributed by atoms with Crippen LogP contribution in [0.2, 0.25) is 0 Å². The Bertz CT molecular complexity index is 2880. The first-order valence-electron chi connectivity index (χ1n) is 23.7. The lowest BCUT2D eigenvalue weighted by molar-refractivity contribution is -0.152. The fourth-order valence-electron chi connectivity index (χ4n) is 9.54. The summed E-state index contributed by atoms with van der Waals surface area (Å²) in [5.74, 6) is -1.04. The third kappa shape index (κ3) is 15.3. The van der Waals surface area contributed by atoms with Crippen molar-refractivity contribution in [1.82, 2.24) is 39.1 Å². The van der Waals surface area contributed by atoms with Crippen LogP contribution in [0, 0.1) is 6.92 Å². The number of hydrogen-bond donors (Lipinski definition) is 8. The summed E-state index contributed by atoms with van der Waals surface area (Å²) in [6, 6.07) is -2.39. The summed E-state index contributed by atoms with van der Waals surface area (Å²) in [4.78, 5) is 143. The zero-order chi connectivity index (χ0) is 55.8. The van der Waals surface area contributed by atoms with Crippen molar-refractivity contribution < 1.29 is 116 Å². The summed E-state index contributed by atoms with van der Waals surface area (Å²) in [7, 11) is -37.5. The SMILES string of the molecule is CCCCC(=O)N1CCC[C@H]1C(=O)N1CCC[C@H]1C(=O)N1CCC[C@H]1C(=O)N1CCC(OP(=O)(O)OP(=O)(O)OP(=O)(O)OP(=O)(O)OP(=O)(O)OP(=O)(O)OC[C@H]2O[C@@H](n3cnc4c(=O)[nH]c(C)nc43)C[C@H]2O)CC1. The molecule has 5 aliphatic heterocycles. The van der Waals surface area contributed by atoms with Gasteiger partial charge in [-0.3, -0.25) is 37.6 Å². The van der Waals surface area contributed by atoms with Crippen LogP contribution < -0.4 is 5.56 Å². The highest BCUT2D eigenvalue weighted by molar-refractivity contribution is 7.72. The van der Waals surface area contributed by atoms with Crippen molar-refractivity contribution in [2.75, 3.05) is 39.3 Å². The van der Waals surface area contributed by atoms with Crippen molar-refractivity contribution in [3.8, 4) is 0 Å². The van der Waals surface area contributed by atoms with Crippen LogP contribution in [0.25, 0.3) is 11.2 Å². The number of amides is 4. The number of hydrogen-bond acceptors (Lipinski definition) is 22. The maximum Gasteiger partial charge on any atom is 0.490 e. The molecule has 40 heteroatoms. The largest absolute Gasteiger partial charge is 0.490 e. The number of rotatable bonds is 22. The minimum absolute atomic E-state index is 0.0537. The molecular formula is C36H58N8O26P6. The number of aromatic amines is 1. The number of aryl methyl sites for hydroxylation is 1. The molecule has 34 nitrogen and oxygen atoms in total. The van der Waals surface area contributed by atoms with Gasteiger partial charge in [0.1, 0.15) is 36.3 Å². The molecule has 5 saturated heterocycles. The zero-order valence-corrected chi connectivity index (χ0v) is 45.9. The van der Waals surface area contributed by atoms with Crippen molar-refractivity contribution >= 4 is 81.7 Å². The molecule has 428 valence electrons. The van der Waals surface area contributed by atoms with Crippen LogP contribution in [0.5, 0.6) is 0 Å². The van der Waals surface area contributed by atoms with Gasteiger partial charge < -0.3 is 63.8 Å². The van der Waals surface area contributed by atoms with Crippen LogP contribution in [0.4, 0.5) is 0 Å². The van der Waals surface area contributed by atoms with Gasteiger partial charge in [-0.25, -0.2) is 37.4 Å². The van der Waals surface area contributed by atoms with Crippen LogP contribution in [-0.4, -0.2) is 173 Å². The molecule has 0 aromatic carbocycles. The van der Waals surface area contributed by atoms with Gasteiger partial charge in [-0.15, -0.1) is 0 Å². The van der Waals surface area contributed by atoms with Gasteiger partial charge in [0, 0.05) is 45.6 Å². The van der Waals surface area contributed by atoms with Gasteiger partial charge in [-0.1, -0.05) is 13.3 Å². The molecule has 0 spiro atoms. The summed E-state index contributed by atoms with van der Waals surface area (Å²) in [6.07, 6.45) is -0.0128. The van der Waals surface area contributed by atoms with E-state index in [4.69, 9.17) is 9.26 Å². The Morgan fingerprint density at radius 1 is 0.697 bits per heavy atom. The van der Waals surface area contributed by atoms with E-state index >= 15 is 0 Å². The normalized spacial score (nSPS) is 28.4. The number of ether oxygens (including phenoxy) is 1. The fraction of sp³-hybridized carbons (Fsp3) is 0.750. The second-order valence-electron chi connectivity index (χ2n) is 18.3. The van der Waals surface area contributed by atoms with Gasteiger partial charge in [0.15, 0.2) is 11.2 Å². The fourth-order valence-corrected chi connectivity index (χ4v) is 17.6. The summed E-state index contributed by atoms with van der Waals surface area (Å²) >= 11 is 0. The Morgan fingerprint density at radius 2 is 1.18 bits per heavy atom. The first-order valence-corrected chi connectivity index (χ1v) is 32.7. The molecule has 2 aromatic rings. The Hall–Kier alpha value is -2.99. The summed E-state index contributed by atoms with van der Waals surface area (Å²) < 4.78 is 111. The van der Waals surface area contributed by atoms with Crippen molar-refractivity contribution in [2.24, 2.45) is 0 Å². The number of carbonyl (C=O) groups is 4. The quantitative estimate of drug-likeness (QED) is 0.0781. The van der Waals surface area contributed by atoms with Crippen molar-refractivity contribution in [3.63, 3.8) is 0 Å². The number of H-pyrrole nitrogens is 1. The van der Waals surface area contributed by atoms with E-state index in [1.54, 1.807) is 4.90 Å². The monoisotopic (exact) mass is 1200 g/mol. The maximum absolute atomic E-state index is 14.0. The summed E-state index contributed by atoms with van der Waals surface area (Å²) in [5, 5.41) is 10.5. The Labute approximate surface area is 431 Å². The molecule has 76 heavy (non-hydrogen) atoms. The van der Waals surface area contributed by atoms with Crippen LogP contribution in [0.1, 0.15) is 96.0 Å². The number of likely N-dealkylation sites (tertiary alicyclic amines) is 4. The number of nitrogens with zero attached hydrogens (tertiary/aromatic N) is 7. The van der Waals surface area contributed by atoms with E-state index in [9.17, 15) is 85.8 Å². The van der Waals surface area contributed by atoms with E-state index in [1.165, 1.54) is 32.5 Å². The number of phosphoric ester groups is 2. The van der Waals surface area contributed by atoms with Gasteiger partial charge >= 0.3 is 46.9 Å². The molecule has 0 bridgehead atoms. The molecule has 5 aliphatic rings. The van der Waals surface area contributed by atoms with Gasteiger partial charge in [0.25, 0.3) is 5.56 Å². The molecule has 0 saturated carbocycles. The molecule has 0 radical (unpaired) electrons. The summed E-state index contributed by atoms with van der Waals surface area (Å²) in [6.45, 7) is 3.14. The van der Waals surface area contributed by atoms with Crippen molar-refractivity contribution in [3.05, 3.63) is 22.5 Å². The lowest BCUT2D eigenvalue weighted by Gasteiger charge is -2.37. The first kappa shape index (κ1) is 60.6. The highest BCUT2D eigenvalue weighted by atomic mass is 31.3. The topological polar surface area (TPSA) is 463 Å². The Kier molecular flexibility index (Phi) is 19.1. The summed E-state index contributed by atoms with van der Waals surface area (Å²) in [5.41, 5.74) is -0.606. The molecular weight excluding hydrogens is 1150 g/mol. The highest BCUT2D eigenvalue weighted by Gasteiger charge is 2.51. The van der Waals surface area contributed by atoms with Gasteiger partial charge in [0.2, 0.25) is 23.6 Å². The van der Waals surface area contributed by atoms with Gasteiger partial charge in [-0.2, -0.15) is 21.6 Å². The number of carbonyl (C=O) groups excluding carboxylic acids is 4. The number of aliphatic hydroxyl groups is 1. The van der Waals surface area contributed by atoms with Crippen molar-refractivity contribution in [2.45, 2.75) is 134 Å².